The number of nitriles is 1. The standard InChI is InChI=1S/C23H19N3O7/c1-14-18(22(28)25(23(29)19(14)13-24)10-5-11-32-15(2)27)12-16-8-9-21(33-16)17-6-3-4-7-20(17)26(30)31/h3-4,6-9,12H,5,10-11H2,1-2H3/b18-12+. The van der Waals surface area contributed by atoms with E-state index in [9.17, 15) is 29.8 Å². The van der Waals surface area contributed by atoms with E-state index in [1.165, 1.54) is 38.1 Å². The summed E-state index contributed by atoms with van der Waals surface area (Å²) in [4.78, 5) is 48.2. The molecule has 0 fully saturated rings. The monoisotopic (exact) mass is 449 g/mol. The SMILES string of the molecule is CC(=O)OCCCN1C(=O)C(C#N)=C(C)/C(=C\c2ccc(-c3ccccc3[N+](=O)[O-])o2)C1=O. The molecule has 10 nitrogen and oxygen atoms in total. The van der Waals surface area contributed by atoms with Gasteiger partial charge in [-0.1, -0.05) is 12.1 Å². The van der Waals surface area contributed by atoms with E-state index in [2.05, 4.69) is 0 Å². The van der Waals surface area contributed by atoms with Gasteiger partial charge in [0.05, 0.1) is 17.1 Å². The fraction of sp³-hybridized carbons (Fsp3) is 0.217. The van der Waals surface area contributed by atoms with Crippen molar-refractivity contribution < 1.29 is 28.5 Å². The molecule has 1 aliphatic heterocycles. The number of nitrogens with zero attached hydrogens (tertiary/aromatic N) is 3. The lowest BCUT2D eigenvalue weighted by Gasteiger charge is -2.27. The van der Waals surface area contributed by atoms with Gasteiger partial charge >= 0.3 is 5.97 Å². The van der Waals surface area contributed by atoms with E-state index < -0.39 is 22.7 Å². The van der Waals surface area contributed by atoms with E-state index in [0.717, 1.165) is 4.90 Å². The first-order chi connectivity index (χ1) is 15.7. The molecule has 0 bridgehead atoms. The van der Waals surface area contributed by atoms with Gasteiger partial charge in [-0.15, -0.1) is 0 Å². The summed E-state index contributed by atoms with van der Waals surface area (Å²) < 4.78 is 10.5. The zero-order valence-corrected chi connectivity index (χ0v) is 17.9. The summed E-state index contributed by atoms with van der Waals surface area (Å²) in [6, 6.07) is 11.0. The number of esters is 1. The van der Waals surface area contributed by atoms with Crippen molar-refractivity contribution in [3.05, 3.63) is 69.0 Å². The third-order valence-electron chi connectivity index (χ3n) is 4.94. The van der Waals surface area contributed by atoms with Gasteiger partial charge in [-0.05, 0) is 43.2 Å². The molecule has 2 amide bonds. The lowest BCUT2D eigenvalue weighted by atomic mass is 9.94. The number of benzene rings is 1. The van der Waals surface area contributed by atoms with E-state index in [1.807, 2.05) is 6.07 Å². The highest BCUT2D eigenvalue weighted by Gasteiger charge is 2.35. The molecule has 0 spiro atoms. The molecule has 0 saturated carbocycles. The minimum Gasteiger partial charge on any atom is -0.466 e. The zero-order valence-electron chi connectivity index (χ0n) is 17.9. The Morgan fingerprint density at radius 2 is 1.97 bits per heavy atom. The summed E-state index contributed by atoms with van der Waals surface area (Å²) in [5.74, 6) is -1.37. The first-order valence-electron chi connectivity index (χ1n) is 9.90. The maximum absolute atomic E-state index is 13.0. The van der Waals surface area contributed by atoms with Gasteiger partial charge in [0, 0.05) is 25.1 Å². The molecule has 3 rings (SSSR count). The Morgan fingerprint density at radius 3 is 2.64 bits per heavy atom. The number of nitro benzene ring substituents is 1. The fourth-order valence-corrected chi connectivity index (χ4v) is 3.33. The Balaban J connectivity index is 1.94. The van der Waals surface area contributed by atoms with Crippen LogP contribution in [0.4, 0.5) is 5.69 Å². The molecule has 2 heterocycles. The minimum absolute atomic E-state index is 0.0213. The third-order valence-corrected chi connectivity index (χ3v) is 4.94. The van der Waals surface area contributed by atoms with Crippen molar-refractivity contribution in [2.75, 3.05) is 13.2 Å². The van der Waals surface area contributed by atoms with Gasteiger partial charge in [0.2, 0.25) is 0 Å². The van der Waals surface area contributed by atoms with Gasteiger partial charge in [-0.3, -0.25) is 29.4 Å². The van der Waals surface area contributed by atoms with Gasteiger partial charge in [0.1, 0.15) is 23.2 Å². The van der Waals surface area contributed by atoms with Crippen molar-refractivity contribution in [1.29, 1.82) is 5.26 Å². The van der Waals surface area contributed by atoms with Crippen LogP contribution in [-0.4, -0.2) is 40.8 Å². The summed E-state index contributed by atoms with van der Waals surface area (Å²) in [7, 11) is 0. The highest BCUT2D eigenvalue weighted by atomic mass is 16.6. The van der Waals surface area contributed by atoms with Gasteiger partial charge < -0.3 is 9.15 Å². The van der Waals surface area contributed by atoms with Crippen LogP contribution in [0.3, 0.4) is 0 Å². The number of hydrogen-bond acceptors (Lipinski definition) is 8. The molecule has 1 aromatic heterocycles. The summed E-state index contributed by atoms with van der Waals surface area (Å²) in [6.07, 6.45) is 1.60. The van der Waals surface area contributed by atoms with Gasteiger partial charge in [0.15, 0.2) is 0 Å². The molecular weight excluding hydrogens is 430 g/mol. The highest BCUT2D eigenvalue weighted by Crippen LogP contribution is 2.33. The number of para-hydroxylation sites is 1. The number of carbonyl (C=O) groups excluding carboxylic acids is 3. The van der Waals surface area contributed by atoms with Crippen LogP contribution in [0.1, 0.15) is 26.0 Å². The second kappa shape index (κ2) is 9.74. The average Bonchev–Trinajstić information content (AvgIpc) is 3.25. The minimum atomic E-state index is -0.722. The normalized spacial score (nSPS) is 15.1. The number of ether oxygens (including phenoxy) is 1. The van der Waals surface area contributed by atoms with Crippen molar-refractivity contribution in [2.24, 2.45) is 0 Å². The van der Waals surface area contributed by atoms with Crippen molar-refractivity contribution >= 4 is 29.5 Å². The van der Waals surface area contributed by atoms with Gasteiger partial charge in [-0.25, -0.2) is 0 Å². The lowest BCUT2D eigenvalue weighted by Crippen LogP contribution is -2.43. The van der Waals surface area contributed by atoms with Crippen LogP contribution in [0, 0.1) is 21.4 Å². The predicted molar refractivity (Wildman–Crippen MR) is 115 cm³/mol. The molecule has 33 heavy (non-hydrogen) atoms. The Hall–Kier alpha value is -4.52. The molecule has 0 unspecified atom stereocenters. The maximum atomic E-state index is 13.0. The Morgan fingerprint density at radius 1 is 1.24 bits per heavy atom. The topological polar surface area (TPSA) is 144 Å². The highest BCUT2D eigenvalue weighted by molar-refractivity contribution is 6.19. The molecule has 1 aliphatic rings. The van der Waals surface area contributed by atoms with Gasteiger partial charge in [-0.2, -0.15) is 5.26 Å². The number of furan rings is 1. The quantitative estimate of drug-likeness (QED) is 0.156. The number of imide groups is 1. The smallest absolute Gasteiger partial charge is 0.302 e. The molecule has 2 aromatic rings. The van der Waals surface area contributed by atoms with E-state index in [1.54, 1.807) is 18.2 Å². The molecule has 168 valence electrons. The summed E-state index contributed by atoms with van der Waals surface area (Å²) in [5, 5.41) is 20.7. The summed E-state index contributed by atoms with van der Waals surface area (Å²) in [6.45, 7) is 2.72. The molecule has 0 aliphatic carbocycles. The third kappa shape index (κ3) is 4.88. The molecule has 0 radical (unpaired) electrons. The largest absolute Gasteiger partial charge is 0.466 e. The number of amides is 2. The van der Waals surface area contributed by atoms with Crippen molar-refractivity contribution in [1.82, 2.24) is 4.90 Å². The number of rotatable bonds is 7. The van der Waals surface area contributed by atoms with Crippen LogP contribution in [0.15, 0.2) is 57.5 Å². The predicted octanol–water partition coefficient (Wildman–Crippen LogP) is 3.40. The van der Waals surface area contributed by atoms with E-state index in [4.69, 9.17) is 9.15 Å². The fourth-order valence-electron chi connectivity index (χ4n) is 3.33. The summed E-state index contributed by atoms with van der Waals surface area (Å²) in [5.41, 5.74) is 0.245. The van der Waals surface area contributed by atoms with Crippen LogP contribution >= 0.6 is 0 Å². The number of hydrogen-bond donors (Lipinski definition) is 0. The van der Waals surface area contributed by atoms with E-state index >= 15 is 0 Å². The van der Waals surface area contributed by atoms with Crippen LogP contribution in [0.25, 0.3) is 17.4 Å². The van der Waals surface area contributed by atoms with Crippen molar-refractivity contribution in [2.45, 2.75) is 20.3 Å². The molecule has 1 aromatic carbocycles. The second-order valence-corrected chi connectivity index (χ2v) is 7.10. The summed E-state index contributed by atoms with van der Waals surface area (Å²) >= 11 is 0. The molecular formula is C23H19N3O7. The molecule has 10 heteroatoms. The Labute approximate surface area is 188 Å². The second-order valence-electron chi connectivity index (χ2n) is 7.10. The maximum Gasteiger partial charge on any atom is 0.302 e. The average molecular weight is 449 g/mol. The Bertz CT molecular complexity index is 1250. The molecule has 0 saturated heterocycles. The lowest BCUT2D eigenvalue weighted by molar-refractivity contribution is -0.384. The molecule has 0 atom stereocenters. The van der Waals surface area contributed by atoms with Crippen molar-refractivity contribution in [3.8, 4) is 17.4 Å². The van der Waals surface area contributed by atoms with Crippen LogP contribution in [0.5, 0.6) is 0 Å². The zero-order chi connectivity index (χ0) is 24.1. The first-order valence-corrected chi connectivity index (χ1v) is 9.90. The van der Waals surface area contributed by atoms with Crippen LogP contribution < -0.4 is 0 Å². The van der Waals surface area contributed by atoms with Crippen molar-refractivity contribution in [3.63, 3.8) is 0 Å². The van der Waals surface area contributed by atoms with Crippen LogP contribution in [0.2, 0.25) is 0 Å². The van der Waals surface area contributed by atoms with Crippen LogP contribution in [-0.2, 0) is 19.1 Å². The van der Waals surface area contributed by atoms with Gasteiger partial charge in [0.25, 0.3) is 17.5 Å². The first kappa shape index (κ1) is 23.1. The number of nitro groups is 1. The molecule has 0 N–H and O–H groups in total. The van der Waals surface area contributed by atoms with E-state index in [-0.39, 0.29) is 59.1 Å². The number of carbonyl (C=O) groups is 3. The van der Waals surface area contributed by atoms with E-state index in [0.29, 0.717) is 0 Å². The Kier molecular flexibility index (Phi) is 6.83.